The normalized spacial score (nSPS) is 13.1. The molecular formula is C14H14N4O3. The fourth-order valence-electron chi connectivity index (χ4n) is 2.24. The largest absolute Gasteiger partial charge is 0.444 e. The molecule has 0 fully saturated rings. The summed E-state index contributed by atoms with van der Waals surface area (Å²) in [5.41, 5.74) is 1.42. The molecule has 1 aliphatic rings. The lowest BCUT2D eigenvalue weighted by Gasteiger charge is -2.14. The molecule has 1 aliphatic heterocycles. The van der Waals surface area contributed by atoms with Crippen LogP contribution >= 0.6 is 0 Å². The molecule has 0 unspecified atom stereocenters. The molecule has 0 atom stereocenters. The van der Waals surface area contributed by atoms with E-state index in [-0.39, 0.29) is 23.7 Å². The minimum Gasteiger partial charge on any atom is -0.444 e. The number of furan rings is 1. The van der Waals surface area contributed by atoms with Gasteiger partial charge in [0.25, 0.3) is 11.8 Å². The van der Waals surface area contributed by atoms with Gasteiger partial charge < -0.3 is 20.4 Å². The Morgan fingerprint density at radius 2 is 2.19 bits per heavy atom. The molecule has 2 amide bonds. The van der Waals surface area contributed by atoms with Gasteiger partial charge >= 0.3 is 0 Å². The number of aromatic nitrogens is 1. The fraction of sp³-hybridized carbons (Fsp3) is 0.214. The number of anilines is 2. The SMILES string of the molecule is Cc1ccnc(NC(=O)c2c(C)oc3c2C(=O)NCN3)c1. The van der Waals surface area contributed by atoms with Crippen LogP contribution < -0.4 is 16.0 Å². The number of hydrogen-bond donors (Lipinski definition) is 3. The van der Waals surface area contributed by atoms with E-state index in [1.165, 1.54) is 0 Å². The summed E-state index contributed by atoms with van der Waals surface area (Å²) in [5.74, 6) is 0.379. The molecule has 0 radical (unpaired) electrons. The molecule has 0 aliphatic carbocycles. The van der Waals surface area contributed by atoms with E-state index in [2.05, 4.69) is 20.9 Å². The monoisotopic (exact) mass is 286 g/mol. The van der Waals surface area contributed by atoms with Crippen molar-refractivity contribution in [3.63, 3.8) is 0 Å². The molecule has 2 aromatic heterocycles. The Balaban J connectivity index is 1.95. The fourth-order valence-corrected chi connectivity index (χ4v) is 2.24. The summed E-state index contributed by atoms with van der Waals surface area (Å²) >= 11 is 0. The quantitative estimate of drug-likeness (QED) is 0.780. The minimum atomic E-state index is -0.422. The van der Waals surface area contributed by atoms with Gasteiger partial charge in [0.1, 0.15) is 17.1 Å². The summed E-state index contributed by atoms with van der Waals surface area (Å²) in [6.45, 7) is 3.82. The third kappa shape index (κ3) is 2.33. The molecule has 3 rings (SSSR count). The van der Waals surface area contributed by atoms with E-state index in [0.29, 0.717) is 17.5 Å². The van der Waals surface area contributed by atoms with Gasteiger partial charge in [-0.15, -0.1) is 0 Å². The minimum absolute atomic E-state index is 0.220. The molecule has 3 heterocycles. The molecule has 21 heavy (non-hydrogen) atoms. The summed E-state index contributed by atoms with van der Waals surface area (Å²) in [7, 11) is 0. The van der Waals surface area contributed by atoms with Gasteiger partial charge in [0.15, 0.2) is 0 Å². The lowest BCUT2D eigenvalue weighted by atomic mass is 10.1. The third-order valence-corrected chi connectivity index (χ3v) is 3.19. The molecule has 0 aromatic carbocycles. The van der Waals surface area contributed by atoms with Gasteiger partial charge in [-0.05, 0) is 31.5 Å². The van der Waals surface area contributed by atoms with Crippen molar-refractivity contribution in [3.8, 4) is 0 Å². The van der Waals surface area contributed by atoms with Crippen LogP contribution in [0.15, 0.2) is 22.7 Å². The Hall–Kier alpha value is -2.83. The van der Waals surface area contributed by atoms with Crippen molar-refractivity contribution >= 4 is 23.5 Å². The van der Waals surface area contributed by atoms with Gasteiger partial charge in [0, 0.05) is 6.20 Å². The van der Waals surface area contributed by atoms with E-state index in [4.69, 9.17) is 4.42 Å². The number of nitrogens with one attached hydrogen (secondary N) is 3. The first-order valence-electron chi connectivity index (χ1n) is 6.45. The maximum absolute atomic E-state index is 12.4. The second-order valence-electron chi connectivity index (χ2n) is 4.77. The third-order valence-electron chi connectivity index (χ3n) is 3.19. The topological polar surface area (TPSA) is 96.3 Å². The van der Waals surface area contributed by atoms with Gasteiger partial charge in [-0.25, -0.2) is 4.98 Å². The van der Waals surface area contributed by atoms with Crippen molar-refractivity contribution in [2.75, 3.05) is 17.3 Å². The average Bonchev–Trinajstić information content (AvgIpc) is 2.76. The zero-order valence-electron chi connectivity index (χ0n) is 11.6. The molecule has 0 spiro atoms. The molecular weight excluding hydrogens is 272 g/mol. The van der Waals surface area contributed by atoms with E-state index in [1.54, 1.807) is 19.2 Å². The second kappa shape index (κ2) is 4.93. The number of hydrogen-bond acceptors (Lipinski definition) is 5. The molecule has 2 aromatic rings. The molecule has 0 bridgehead atoms. The zero-order chi connectivity index (χ0) is 15.0. The standard InChI is InChI=1S/C14H14N4O3/c1-7-3-4-15-9(5-7)18-13(20)10-8(2)21-14-11(10)12(19)16-6-17-14/h3-5,17H,6H2,1-2H3,(H,16,19)(H,15,18,20). The highest BCUT2D eigenvalue weighted by molar-refractivity contribution is 6.15. The van der Waals surface area contributed by atoms with E-state index in [1.807, 2.05) is 13.0 Å². The van der Waals surface area contributed by atoms with Crippen molar-refractivity contribution in [1.82, 2.24) is 10.3 Å². The first-order chi connectivity index (χ1) is 10.1. The highest BCUT2D eigenvalue weighted by Gasteiger charge is 2.30. The van der Waals surface area contributed by atoms with E-state index in [0.717, 1.165) is 5.56 Å². The Morgan fingerprint density at radius 3 is 2.95 bits per heavy atom. The van der Waals surface area contributed by atoms with Crippen LogP contribution in [0.5, 0.6) is 0 Å². The Kier molecular flexibility index (Phi) is 3.09. The van der Waals surface area contributed by atoms with E-state index in [9.17, 15) is 9.59 Å². The summed E-state index contributed by atoms with van der Waals surface area (Å²) < 4.78 is 5.44. The Labute approximate surface area is 120 Å². The summed E-state index contributed by atoms with van der Waals surface area (Å²) in [5, 5.41) is 8.18. The molecule has 0 saturated carbocycles. The van der Waals surface area contributed by atoms with Gasteiger partial charge in [0.05, 0.1) is 12.2 Å². The van der Waals surface area contributed by atoms with E-state index >= 15 is 0 Å². The number of carbonyl (C=O) groups excluding carboxylic acids is 2. The average molecular weight is 286 g/mol. The maximum Gasteiger partial charge on any atom is 0.261 e. The molecule has 7 heteroatoms. The predicted molar refractivity (Wildman–Crippen MR) is 76.3 cm³/mol. The van der Waals surface area contributed by atoms with Crippen molar-refractivity contribution in [2.45, 2.75) is 13.8 Å². The van der Waals surface area contributed by atoms with Crippen molar-refractivity contribution in [1.29, 1.82) is 0 Å². The second-order valence-corrected chi connectivity index (χ2v) is 4.77. The van der Waals surface area contributed by atoms with Gasteiger partial charge in [-0.2, -0.15) is 0 Å². The van der Waals surface area contributed by atoms with Gasteiger partial charge in [-0.3, -0.25) is 9.59 Å². The Morgan fingerprint density at radius 1 is 1.38 bits per heavy atom. The first-order valence-corrected chi connectivity index (χ1v) is 6.45. The van der Waals surface area contributed by atoms with Crippen LogP contribution in [0.1, 0.15) is 32.0 Å². The van der Waals surface area contributed by atoms with Crippen LogP contribution in [0.2, 0.25) is 0 Å². The highest BCUT2D eigenvalue weighted by Crippen LogP contribution is 2.29. The van der Waals surface area contributed by atoms with Crippen LogP contribution in [0.4, 0.5) is 11.7 Å². The number of nitrogens with zero attached hydrogens (tertiary/aromatic N) is 1. The van der Waals surface area contributed by atoms with Gasteiger partial charge in [-0.1, -0.05) is 0 Å². The molecule has 108 valence electrons. The number of amides is 2. The first kappa shape index (κ1) is 13.2. The molecule has 3 N–H and O–H groups in total. The highest BCUT2D eigenvalue weighted by atomic mass is 16.4. The number of pyridine rings is 1. The van der Waals surface area contributed by atoms with Crippen LogP contribution in [-0.4, -0.2) is 23.5 Å². The zero-order valence-corrected chi connectivity index (χ0v) is 11.6. The number of carbonyl (C=O) groups is 2. The number of fused-ring (bicyclic) bond motifs is 1. The van der Waals surface area contributed by atoms with E-state index < -0.39 is 5.91 Å². The maximum atomic E-state index is 12.4. The number of rotatable bonds is 2. The molecule has 7 nitrogen and oxygen atoms in total. The van der Waals surface area contributed by atoms with Crippen LogP contribution in [0, 0.1) is 13.8 Å². The van der Waals surface area contributed by atoms with Crippen LogP contribution in [0.3, 0.4) is 0 Å². The summed E-state index contributed by atoms with van der Waals surface area (Å²) in [4.78, 5) is 28.4. The molecule has 0 saturated heterocycles. The van der Waals surface area contributed by atoms with Gasteiger partial charge in [0.2, 0.25) is 5.88 Å². The van der Waals surface area contributed by atoms with Crippen LogP contribution in [0.25, 0.3) is 0 Å². The summed E-state index contributed by atoms with van der Waals surface area (Å²) in [6, 6.07) is 3.58. The smallest absolute Gasteiger partial charge is 0.261 e. The Bertz CT molecular complexity index is 736. The van der Waals surface area contributed by atoms with Crippen molar-refractivity contribution < 1.29 is 14.0 Å². The lowest BCUT2D eigenvalue weighted by Crippen LogP contribution is -2.35. The lowest BCUT2D eigenvalue weighted by molar-refractivity contribution is 0.0939. The summed E-state index contributed by atoms with van der Waals surface area (Å²) in [6.07, 6.45) is 1.61. The van der Waals surface area contributed by atoms with Crippen molar-refractivity contribution in [2.24, 2.45) is 0 Å². The predicted octanol–water partition coefficient (Wildman–Crippen LogP) is 1.66. The number of aryl methyl sites for hydroxylation is 2. The van der Waals surface area contributed by atoms with Crippen LogP contribution in [-0.2, 0) is 0 Å². The van der Waals surface area contributed by atoms with Crippen molar-refractivity contribution in [3.05, 3.63) is 40.8 Å².